The maximum atomic E-state index is 8.21. The molecule has 0 aliphatic heterocycles. The highest BCUT2D eigenvalue weighted by atomic mass is 32.1. The highest BCUT2D eigenvalue weighted by Crippen LogP contribution is 2.20. The van der Waals surface area contributed by atoms with Crippen LogP contribution in [0, 0.1) is 5.41 Å². The molecule has 0 aromatic carbocycles. The van der Waals surface area contributed by atoms with Crippen LogP contribution in [0.4, 0.5) is 0 Å². The quantitative estimate of drug-likeness (QED) is 0.248. The van der Waals surface area contributed by atoms with E-state index < -0.39 is 0 Å². The predicted molar refractivity (Wildman–Crippen MR) is 111 cm³/mol. The minimum Gasteiger partial charge on any atom is -0.404 e. The van der Waals surface area contributed by atoms with Crippen LogP contribution in [0.1, 0.15) is 31.6 Å². The highest BCUT2D eigenvalue weighted by Gasteiger charge is 2.13. The molecule has 0 bridgehead atoms. The number of allylic oxidation sites excluding steroid dienone is 4. The Kier molecular flexibility index (Phi) is 9.27. The van der Waals surface area contributed by atoms with Gasteiger partial charge in [0.1, 0.15) is 5.84 Å². The third kappa shape index (κ3) is 7.23. The van der Waals surface area contributed by atoms with Gasteiger partial charge in [-0.1, -0.05) is 36.4 Å². The number of nitrogens with two attached hydrogens (primary N) is 1. The van der Waals surface area contributed by atoms with Gasteiger partial charge in [-0.25, -0.2) is 0 Å². The van der Waals surface area contributed by atoms with E-state index in [0.717, 1.165) is 18.5 Å². The monoisotopic (exact) mass is 361 g/mol. The van der Waals surface area contributed by atoms with Crippen molar-refractivity contribution in [2.24, 2.45) is 5.73 Å². The van der Waals surface area contributed by atoms with E-state index in [2.05, 4.69) is 43.5 Å². The van der Waals surface area contributed by atoms with Crippen molar-refractivity contribution in [3.8, 4) is 0 Å². The fourth-order valence-corrected chi connectivity index (χ4v) is 2.90. The lowest BCUT2D eigenvalue weighted by Gasteiger charge is -2.25. The summed E-state index contributed by atoms with van der Waals surface area (Å²) < 4.78 is 0. The summed E-state index contributed by atoms with van der Waals surface area (Å²) in [6, 6.07) is 4.09. The van der Waals surface area contributed by atoms with E-state index in [1.165, 1.54) is 16.7 Å². The minimum absolute atomic E-state index is 0.237. The summed E-state index contributed by atoms with van der Waals surface area (Å²) in [7, 11) is 0. The van der Waals surface area contributed by atoms with Crippen molar-refractivity contribution in [2.75, 3.05) is 0 Å². The number of thiol groups is 1. The SMILES string of the molecule is C=C(CCC(/C=C\[C@H](C)S)=C/C)N(Cc1cccs1)C(=N)/C=C\N. The number of hydrogen-bond donors (Lipinski definition) is 3. The Morgan fingerprint density at radius 3 is 2.75 bits per heavy atom. The number of thiophene rings is 1. The molecule has 3 nitrogen and oxygen atoms in total. The highest BCUT2D eigenvalue weighted by molar-refractivity contribution is 7.81. The fraction of sp³-hybridized carbons (Fsp3) is 0.316. The molecular weight excluding hydrogens is 334 g/mol. The average molecular weight is 362 g/mol. The molecule has 1 aromatic rings. The van der Waals surface area contributed by atoms with Gasteiger partial charge in [0.2, 0.25) is 0 Å². The molecule has 0 saturated carbocycles. The number of rotatable bonds is 9. The third-order valence-corrected chi connectivity index (χ3v) is 4.52. The van der Waals surface area contributed by atoms with E-state index in [4.69, 9.17) is 11.1 Å². The summed E-state index contributed by atoms with van der Waals surface area (Å²) in [5, 5.41) is 10.5. The van der Waals surface area contributed by atoms with Crippen LogP contribution in [0.5, 0.6) is 0 Å². The molecule has 1 atom stereocenters. The van der Waals surface area contributed by atoms with Crippen molar-refractivity contribution >= 4 is 29.8 Å². The van der Waals surface area contributed by atoms with Crippen molar-refractivity contribution in [1.82, 2.24) is 4.90 Å². The van der Waals surface area contributed by atoms with E-state index in [0.29, 0.717) is 12.4 Å². The van der Waals surface area contributed by atoms with Gasteiger partial charge in [0.25, 0.3) is 0 Å². The lowest BCUT2D eigenvalue weighted by Crippen LogP contribution is -2.27. The number of nitrogens with zero attached hydrogens (tertiary/aromatic N) is 1. The van der Waals surface area contributed by atoms with Crippen molar-refractivity contribution in [2.45, 2.75) is 38.5 Å². The summed E-state index contributed by atoms with van der Waals surface area (Å²) in [4.78, 5) is 3.11. The minimum atomic E-state index is 0.237. The van der Waals surface area contributed by atoms with Gasteiger partial charge in [-0.05, 0) is 50.4 Å². The predicted octanol–water partition coefficient (Wildman–Crippen LogP) is 5.11. The summed E-state index contributed by atoms with van der Waals surface area (Å²) in [5.41, 5.74) is 7.61. The van der Waals surface area contributed by atoms with E-state index in [-0.39, 0.29) is 5.25 Å². The second kappa shape index (κ2) is 10.9. The first kappa shape index (κ1) is 20.3. The molecule has 0 radical (unpaired) electrons. The molecule has 0 aliphatic carbocycles. The largest absolute Gasteiger partial charge is 0.404 e. The molecule has 24 heavy (non-hydrogen) atoms. The fourth-order valence-electron chi connectivity index (χ4n) is 2.12. The molecule has 0 fully saturated rings. The molecule has 0 unspecified atom stereocenters. The van der Waals surface area contributed by atoms with Gasteiger partial charge in [-0.3, -0.25) is 5.41 Å². The Balaban J connectivity index is 2.75. The van der Waals surface area contributed by atoms with Crippen LogP contribution >= 0.6 is 24.0 Å². The normalized spacial score (nSPS) is 13.5. The number of hydrogen-bond acceptors (Lipinski definition) is 4. The van der Waals surface area contributed by atoms with E-state index in [1.807, 2.05) is 30.2 Å². The maximum absolute atomic E-state index is 8.21. The van der Waals surface area contributed by atoms with Crippen molar-refractivity contribution in [3.63, 3.8) is 0 Å². The molecular formula is C19H27N3S2. The van der Waals surface area contributed by atoms with Gasteiger partial charge >= 0.3 is 0 Å². The Bertz CT molecular complexity index is 611. The molecule has 3 N–H and O–H groups in total. The van der Waals surface area contributed by atoms with Crippen molar-refractivity contribution in [1.29, 1.82) is 5.41 Å². The van der Waals surface area contributed by atoms with Crippen molar-refractivity contribution in [3.05, 3.63) is 70.7 Å². The second-order valence-corrected chi connectivity index (χ2v) is 7.29. The lowest BCUT2D eigenvalue weighted by molar-refractivity contribution is 0.491. The molecule has 0 saturated heterocycles. The van der Waals surface area contributed by atoms with Gasteiger partial charge < -0.3 is 10.6 Å². The third-order valence-electron chi connectivity index (χ3n) is 3.48. The van der Waals surface area contributed by atoms with Crippen LogP contribution in [-0.2, 0) is 6.54 Å². The first-order valence-corrected chi connectivity index (χ1v) is 9.33. The smallest absolute Gasteiger partial charge is 0.126 e. The van der Waals surface area contributed by atoms with Crippen molar-refractivity contribution < 1.29 is 0 Å². The first-order chi connectivity index (χ1) is 11.5. The molecule has 5 heteroatoms. The van der Waals surface area contributed by atoms with Crippen LogP contribution in [0.3, 0.4) is 0 Å². The number of nitrogens with one attached hydrogen (secondary N) is 1. The standard InChI is InChI=1S/C19H27N3S2/c1-4-17(10-8-16(3)23)9-7-15(2)22(19(21)11-12-20)14-18-6-5-13-24-18/h4-6,8,10-13,16,21,23H,2,7,9,14,20H2,1,3H3/b10-8-,12-11-,17-4-,21-19?/t16-/m0/s1. The molecule has 130 valence electrons. The Hall–Kier alpha value is -1.72. The van der Waals surface area contributed by atoms with E-state index in [9.17, 15) is 0 Å². The van der Waals surface area contributed by atoms with Gasteiger partial charge in [-0.15, -0.1) is 11.3 Å². The zero-order valence-electron chi connectivity index (χ0n) is 14.4. The maximum Gasteiger partial charge on any atom is 0.126 e. The Morgan fingerprint density at radius 1 is 1.46 bits per heavy atom. The molecule has 1 heterocycles. The molecule has 1 rings (SSSR count). The van der Waals surface area contributed by atoms with Crippen LogP contribution in [0.15, 0.2) is 65.9 Å². The van der Waals surface area contributed by atoms with E-state index in [1.54, 1.807) is 17.4 Å². The summed E-state index contributed by atoms with van der Waals surface area (Å²) in [6.45, 7) is 8.91. The zero-order chi connectivity index (χ0) is 17.9. The Morgan fingerprint density at radius 2 is 2.21 bits per heavy atom. The van der Waals surface area contributed by atoms with E-state index >= 15 is 0 Å². The van der Waals surface area contributed by atoms with Crippen LogP contribution in [0.25, 0.3) is 0 Å². The zero-order valence-corrected chi connectivity index (χ0v) is 16.1. The summed E-state index contributed by atoms with van der Waals surface area (Å²) >= 11 is 6.04. The van der Waals surface area contributed by atoms with Gasteiger partial charge in [0.15, 0.2) is 0 Å². The lowest BCUT2D eigenvalue weighted by atomic mass is 10.1. The van der Waals surface area contributed by atoms with Crippen LogP contribution < -0.4 is 5.73 Å². The molecule has 0 amide bonds. The van der Waals surface area contributed by atoms with Gasteiger partial charge in [0, 0.05) is 15.8 Å². The molecule has 0 spiro atoms. The van der Waals surface area contributed by atoms with Gasteiger partial charge in [0.05, 0.1) is 6.54 Å². The number of amidine groups is 1. The summed E-state index contributed by atoms with van der Waals surface area (Å²) in [5.74, 6) is 0.359. The first-order valence-electron chi connectivity index (χ1n) is 7.94. The second-order valence-electron chi connectivity index (χ2n) is 5.44. The molecule has 1 aromatic heterocycles. The summed E-state index contributed by atoms with van der Waals surface area (Å²) in [6.07, 6.45) is 10.9. The van der Waals surface area contributed by atoms with Gasteiger partial charge in [-0.2, -0.15) is 12.6 Å². The van der Waals surface area contributed by atoms with Crippen LogP contribution in [-0.4, -0.2) is 16.0 Å². The average Bonchev–Trinajstić information content (AvgIpc) is 3.05. The Labute approximate surface area is 155 Å². The van der Waals surface area contributed by atoms with Crippen LogP contribution in [0.2, 0.25) is 0 Å². The topological polar surface area (TPSA) is 53.1 Å². The molecule has 0 aliphatic rings.